The lowest BCUT2D eigenvalue weighted by molar-refractivity contribution is 0.631. The van der Waals surface area contributed by atoms with Crippen LogP contribution in [0, 0.1) is 0 Å². The van der Waals surface area contributed by atoms with E-state index in [2.05, 4.69) is 175 Å². The fourth-order valence-electron chi connectivity index (χ4n) is 6.89. The van der Waals surface area contributed by atoms with Gasteiger partial charge in [-0.1, -0.05) is 140 Å². The number of fused-ring (bicyclic) bond motifs is 3. The van der Waals surface area contributed by atoms with Crippen LogP contribution in [0.15, 0.2) is 192 Å². The Morgan fingerprint density at radius 2 is 1.02 bits per heavy atom. The van der Waals surface area contributed by atoms with Crippen molar-refractivity contribution in [3.63, 3.8) is 0 Å². The number of anilines is 3. The molecule has 2 nitrogen and oxygen atoms in total. The first kappa shape index (κ1) is 27.9. The maximum absolute atomic E-state index is 6.25. The van der Waals surface area contributed by atoms with E-state index < -0.39 is 0 Å². The molecular weight excluding hydrogens is 583 g/mol. The average molecular weight is 614 g/mol. The quantitative estimate of drug-likeness (QED) is 0.185. The van der Waals surface area contributed by atoms with Gasteiger partial charge in [0.1, 0.15) is 11.3 Å². The molecule has 0 radical (unpaired) electrons. The van der Waals surface area contributed by atoms with Crippen LogP contribution in [-0.2, 0) is 0 Å². The van der Waals surface area contributed by atoms with Gasteiger partial charge in [-0.3, -0.25) is 0 Å². The van der Waals surface area contributed by atoms with E-state index in [1.54, 1.807) is 0 Å². The lowest BCUT2D eigenvalue weighted by atomic mass is 9.94. The minimum Gasteiger partial charge on any atom is -0.456 e. The van der Waals surface area contributed by atoms with E-state index in [1.807, 2.05) is 18.2 Å². The molecule has 9 aromatic rings. The van der Waals surface area contributed by atoms with Crippen LogP contribution in [0.2, 0.25) is 0 Å². The molecule has 2 heteroatoms. The number of nitrogens with zero attached hydrogens (tertiary/aromatic N) is 1. The molecule has 48 heavy (non-hydrogen) atoms. The predicted molar refractivity (Wildman–Crippen MR) is 202 cm³/mol. The second-order valence-electron chi connectivity index (χ2n) is 12.2. The highest BCUT2D eigenvalue weighted by atomic mass is 16.3. The fraction of sp³-hybridized carbons (Fsp3) is 0. The number of para-hydroxylation sites is 1. The first-order chi connectivity index (χ1) is 23.8. The van der Waals surface area contributed by atoms with Crippen molar-refractivity contribution in [2.75, 3.05) is 4.90 Å². The molecule has 8 aromatic carbocycles. The fourth-order valence-corrected chi connectivity index (χ4v) is 6.89. The Morgan fingerprint density at radius 3 is 1.90 bits per heavy atom. The molecule has 0 saturated carbocycles. The molecule has 0 unspecified atom stereocenters. The molecular formula is C46H31NO. The summed E-state index contributed by atoms with van der Waals surface area (Å²) in [6, 6.07) is 67.0. The largest absolute Gasteiger partial charge is 0.456 e. The molecule has 0 N–H and O–H groups in total. The summed E-state index contributed by atoms with van der Waals surface area (Å²) in [5, 5.41) is 5.92. The number of hydrogen-bond acceptors (Lipinski definition) is 2. The first-order valence-corrected chi connectivity index (χ1v) is 16.3. The highest BCUT2D eigenvalue weighted by molar-refractivity contribution is 6.07. The predicted octanol–water partition coefficient (Wildman–Crippen LogP) is 13.2. The van der Waals surface area contributed by atoms with Gasteiger partial charge in [-0.05, 0) is 86.9 Å². The summed E-state index contributed by atoms with van der Waals surface area (Å²) in [5.74, 6) is 0.875. The molecule has 0 saturated heterocycles. The molecule has 0 fully saturated rings. The number of rotatable bonds is 6. The second-order valence-corrected chi connectivity index (χ2v) is 12.2. The normalized spacial score (nSPS) is 11.3. The van der Waals surface area contributed by atoms with Gasteiger partial charge >= 0.3 is 0 Å². The van der Waals surface area contributed by atoms with Crippen molar-refractivity contribution in [2.45, 2.75) is 0 Å². The van der Waals surface area contributed by atoms with Crippen LogP contribution in [0.3, 0.4) is 0 Å². The van der Waals surface area contributed by atoms with Crippen LogP contribution in [0.1, 0.15) is 0 Å². The minimum absolute atomic E-state index is 0.875. The van der Waals surface area contributed by atoms with Crippen molar-refractivity contribution in [3.8, 4) is 33.6 Å². The average Bonchev–Trinajstić information content (AvgIpc) is 3.60. The van der Waals surface area contributed by atoms with E-state index in [0.29, 0.717) is 0 Å². The SMILES string of the molecule is c1ccc(-c2cccc(N(c3ccc4ccccc4c3)c3ccc(-c4cccc(-c5cc6ccccc6o5)c4)c4ccccc34)c2)cc1. The Bertz CT molecular complexity index is 2550. The third-order valence-electron chi connectivity index (χ3n) is 9.23. The zero-order chi connectivity index (χ0) is 31.9. The zero-order valence-electron chi connectivity index (χ0n) is 26.3. The molecule has 1 heterocycles. The second kappa shape index (κ2) is 11.8. The van der Waals surface area contributed by atoms with Gasteiger partial charge in [0.15, 0.2) is 0 Å². The smallest absolute Gasteiger partial charge is 0.135 e. The molecule has 0 spiro atoms. The number of benzene rings is 8. The lowest BCUT2D eigenvalue weighted by Crippen LogP contribution is -2.11. The molecule has 0 bridgehead atoms. The minimum atomic E-state index is 0.875. The summed E-state index contributed by atoms with van der Waals surface area (Å²) in [6.45, 7) is 0. The van der Waals surface area contributed by atoms with Gasteiger partial charge < -0.3 is 9.32 Å². The molecule has 1 aromatic heterocycles. The Morgan fingerprint density at radius 1 is 0.354 bits per heavy atom. The van der Waals surface area contributed by atoms with E-state index in [0.717, 1.165) is 44.9 Å². The summed E-state index contributed by atoms with van der Waals surface area (Å²) in [4.78, 5) is 2.40. The first-order valence-electron chi connectivity index (χ1n) is 16.3. The Hall–Kier alpha value is -6.38. The summed E-state index contributed by atoms with van der Waals surface area (Å²) in [7, 11) is 0. The van der Waals surface area contributed by atoms with E-state index >= 15 is 0 Å². The van der Waals surface area contributed by atoms with Gasteiger partial charge in [-0.25, -0.2) is 0 Å². The number of hydrogen-bond donors (Lipinski definition) is 0. The Kier molecular flexibility index (Phi) is 6.84. The molecule has 0 aliphatic carbocycles. The standard InChI is InChI=1S/C46H31NO/c1-2-12-32(13-3-1)35-17-11-20-39(29-35)47(40-25-24-33-14-4-5-15-34(33)30-40)44-27-26-41(42-21-7-8-22-43(42)44)36-18-10-19-37(28-36)46-31-38-16-6-9-23-45(38)48-46/h1-31H. The van der Waals surface area contributed by atoms with Gasteiger partial charge in [-0.2, -0.15) is 0 Å². The summed E-state index contributed by atoms with van der Waals surface area (Å²) in [5.41, 5.74) is 10.0. The van der Waals surface area contributed by atoms with Gasteiger partial charge in [0.2, 0.25) is 0 Å². The summed E-state index contributed by atoms with van der Waals surface area (Å²) >= 11 is 0. The van der Waals surface area contributed by atoms with Crippen LogP contribution in [0.5, 0.6) is 0 Å². The molecule has 226 valence electrons. The Balaban J connectivity index is 1.22. The van der Waals surface area contributed by atoms with Gasteiger partial charge in [0, 0.05) is 27.7 Å². The van der Waals surface area contributed by atoms with Crippen molar-refractivity contribution in [1.82, 2.24) is 0 Å². The van der Waals surface area contributed by atoms with Crippen LogP contribution in [-0.4, -0.2) is 0 Å². The molecule has 0 aliphatic rings. The molecule has 9 rings (SSSR count). The van der Waals surface area contributed by atoms with Gasteiger partial charge in [-0.15, -0.1) is 0 Å². The van der Waals surface area contributed by atoms with Crippen molar-refractivity contribution in [3.05, 3.63) is 188 Å². The lowest BCUT2D eigenvalue weighted by Gasteiger charge is -2.28. The van der Waals surface area contributed by atoms with Crippen LogP contribution in [0.25, 0.3) is 66.1 Å². The van der Waals surface area contributed by atoms with Crippen molar-refractivity contribution in [2.24, 2.45) is 0 Å². The van der Waals surface area contributed by atoms with E-state index in [4.69, 9.17) is 4.42 Å². The van der Waals surface area contributed by atoms with Crippen LogP contribution >= 0.6 is 0 Å². The third-order valence-corrected chi connectivity index (χ3v) is 9.23. The Labute approximate surface area is 279 Å². The van der Waals surface area contributed by atoms with E-state index in [1.165, 1.54) is 38.2 Å². The molecule has 0 atom stereocenters. The monoisotopic (exact) mass is 613 g/mol. The van der Waals surface area contributed by atoms with Crippen LogP contribution < -0.4 is 4.90 Å². The van der Waals surface area contributed by atoms with Gasteiger partial charge in [0.25, 0.3) is 0 Å². The summed E-state index contributed by atoms with van der Waals surface area (Å²) in [6.07, 6.45) is 0. The molecule has 0 amide bonds. The van der Waals surface area contributed by atoms with Crippen molar-refractivity contribution in [1.29, 1.82) is 0 Å². The van der Waals surface area contributed by atoms with Crippen molar-refractivity contribution < 1.29 is 4.42 Å². The van der Waals surface area contributed by atoms with Crippen molar-refractivity contribution >= 4 is 49.6 Å². The topological polar surface area (TPSA) is 16.4 Å². The maximum atomic E-state index is 6.25. The van der Waals surface area contributed by atoms with Crippen LogP contribution in [0.4, 0.5) is 17.1 Å². The van der Waals surface area contributed by atoms with Gasteiger partial charge in [0.05, 0.1) is 5.69 Å². The summed E-state index contributed by atoms with van der Waals surface area (Å²) < 4.78 is 6.25. The zero-order valence-corrected chi connectivity index (χ0v) is 26.3. The highest BCUT2D eigenvalue weighted by Crippen LogP contribution is 2.44. The van der Waals surface area contributed by atoms with E-state index in [9.17, 15) is 0 Å². The highest BCUT2D eigenvalue weighted by Gasteiger charge is 2.19. The van der Waals surface area contributed by atoms with E-state index in [-0.39, 0.29) is 0 Å². The maximum Gasteiger partial charge on any atom is 0.135 e. The number of furan rings is 1. The molecule has 0 aliphatic heterocycles. The third kappa shape index (κ3) is 5.01.